The van der Waals surface area contributed by atoms with Crippen molar-refractivity contribution in [1.82, 2.24) is 9.62 Å². The van der Waals surface area contributed by atoms with Crippen LogP contribution in [-0.4, -0.2) is 44.5 Å². The molecule has 0 bridgehead atoms. The normalized spacial score (nSPS) is 18.1. The number of hydrogen-bond donors (Lipinski definition) is 1. The van der Waals surface area contributed by atoms with Gasteiger partial charge in [-0.1, -0.05) is 18.9 Å². The number of benzene rings is 2. The second-order valence-corrected chi connectivity index (χ2v) is 10.0. The maximum Gasteiger partial charge on any atom is 0.253 e. The fraction of sp³-hybridized carbons (Fsp3) is 0.435. The van der Waals surface area contributed by atoms with Crippen molar-refractivity contribution in [3.63, 3.8) is 0 Å². The number of rotatable bonds is 6. The zero-order valence-corrected chi connectivity index (χ0v) is 18.4. The minimum Gasteiger partial charge on any atom is -0.487 e. The predicted molar refractivity (Wildman–Crippen MR) is 115 cm³/mol. The molecule has 1 saturated carbocycles. The van der Waals surface area contributed by atoms with Crippen molar-refractivity contribution in [2.24, 2.45) is 0 Å². The monoisotopic (exact) mass is 464 g/mol. The fourth-order valence-corrected chi connectivity index (χ4v) is 5.59. The van der Waals surface area contributed by atoms with Crippen LogP contribution in [0.3, 0.4) is 0 Å². The molecule has 0 aromatic heterocycles. The van der Waals surface area contributed by atoms with Crippen LogP contribution in [0.2, 0.25) is 0 Å². The van der Waals surface area contributed by atoms with Crippen LogP contribution in [0.5, 0.6) is 5.75 Å². The van der Waals surface area contributed by atoms with Gasteiger partial charge in [-0.3, -0.25) is 4.79 Å². The van der Waals surface area contributed by atoms with E-state index in [9.17, 15) is 22.0 Å². The molecule has 2 aromatic rings. The van der Waals surface area contributed by atoms with E-state index >= 15 is 0 Å². The van der Waals surface area contributed by atoms with Crippen LogP contribution < -0.4 is 9.46 Å². The van der Waals surface area contributed by atoms with Crippen molar-refractivity contribution in [3.8, 4) is 5.75 Å². The Morgan fingerprint density at radius 2 is 1.72 bits per heavy atom. The van der Waals surface area contributed by atoms with Gasteiger partial charge in [-0.15, -0.1) is 0 Å². The first-order valence-electron chi connectivity index (χ1n) is 10.9. The Labute approximate surface area is 186 Å². The predicted octanol–water partition coefficient (Wildman–Crippen LogP) is 3.87. The van der Waals surface area contributed by atoms with Crippen LogP contribution >= 0.6 is 0 Å². The zero-order chi connectivity index (χ0) is 22.7. The lowest BCUT2D eigenvalue weighted by Crippen LogP contribution is -2.42. The third kappa shape index (κ3) is 5.27. The van der Waals surface area contributed by atoms with Crippen molar-refractivity contribution < 1.29 is 26.7 Å². The number of piperidine rings is 1. The molecule has 9 heteroatoms. The molecule has 0 spiro atoms. The first-order valence-corrected chi connectivity index (χ1v) is 12.3. The van der Waals surface area contributed by atoms with Gasteiger partial charge in [-0.05, 0) is 43.2 Å². The third-order valence-electron chi connectivity index (χ3n) is 5.99. The highest BCUT2D eigenvalue weighted by Crippen LogP contribution is 2.24. The zero-order valence-electron chi connectivity index (χ0n) is 17.6. The van der Waals surface area contributed by atoms with E-state index in [2.05, 4.69) is 4.72 Å². The molecule has 1 N–H and O–H groups in total. The molecule has 0 radical (unpaired) electrons. The quantitative estimate of drug-likeness (QED) is 0.704. The Hall–Kier alpha value is -2.52. The second kappa shape index (κ2) is 9.54. The maximum absolute atomic E-state index is 13.8. The molecule has 6 nitrogen and oxygen atoms in total. The van der Waals surface area contributed by atoms with E-state index in [0.717, 1.165) is 37.8 Å². The number of ether oxygens (including phenoxy) is 1. The molecule has 32 heavy (non-hydrogen) atoms. The summed E-state index contributed by atoms with van der Waals surface area (Å²) in [5, 5.41) is 0. The smallest absolute Gasteiger partial charge is 0.253 e. The Morgan fingerprint density at radius 3 is 2.41 bits per heavy atom. The minimum atomic E-state index is -3.68. The Kier molecular flexibility index (Phi) is 6.76. The number of carbonyl (C=O) groups excluding carboxylic acids is 1. The number of nitrogens with one attached hydrogen (secondary N) is 1. The van der Waals surface area contributed by atoms with Crippen LogP contribution in [0, 0.1) is 11.6 Å². The summed E-state index contributed by atoms with van der Waals surface area (Å²) in [6.45, 7) is 0.785. The first kappa shape index (κ1) is 22.7. The Balaban J connectivity index is 1.37. The van der Waals surface area contributed by atoms with Gasteiger partial charge >= 0.3 is 0 Å². The van der Waals surface area contributed by atoms with Crippen LogP contribution in [0.4, 0.5) is 8.78 Å². The molecule has 2 aromatic carbocycles. The summed E-state index contributed by atoms with van der Waals surface area (Å²) in [6.07, 6.45) is 4.38. The van der Waals surface area contributed by atoms with E-state index in [-0.39, 0.29) is 28.7 Å². The molecule has 1 amide bonds. The Morgan fingerprint density at radius 1 is 1.00 bits per heavy atom. The molecule has 1 heterocycles. The van der Waals surface area contributed by atoms with Gasteiger partial charge < -0.3 is 9.64 Å². The second-order valence-electron chi connectivity index (χ2n) is 8.31. The summed E-state index contributed by atoms with van der Waals surface area (Å²) in [4.78, 5) is 14.7. The van der Waals surface area contributed by atoms with Crippen molar-refractivity contribution in [2.45, 2.75) is 55.6 Å². The lowest BCUT2D eigenvalue weighted by molar-refractivity contribution is 0.0588. The molecule has 0 unspecified atom stereocenters. The third-order valence-corrected chi connectivity index (χ3v) is 7.50. The molecule has 4 rings (SSSR count). The number of halogens is 2. The van der Waals surface area contributed by atoms with E-state index in [4.69, 9.17) is 4.74 Å². The lowest BCUT2D eigenvalue weighted by Gasteiger charge is -2.32. The summed E-state index contributed by atoms with van der Waals surface area (Å²) in [5.41, 5.74) is 0.309. The number of nitrogens with zero attached hydrogens (tertiary/aromatic N) is 1. The number of hydrogen-bond acceptors (Lipinski definition) is 4. The number of carbonyl (C=O) groups is 1. The summed E-state index contributed by atoms with van der Waals surface area (Å²) in [7, 11) is -3.68. The van der Waals surface area contributed by atoms with Crippen LogP contribution in [-0.2, 0) is 10.0 Å². The SMILES string of the molecule is O=C(c1cccc(S(=O)(=O)NC2CCCC2)c1)N1CCC(Oc2ccc(F)cc2F)CC1. The molecule has 1 aliphatic heterocycles. The minimum absolute atomic E-state index is 0.0103. The topological polar surface area (TPSA) is 75.7 Å². The summed E-state index contributed by atoms with van der Waals surface area (Å²) < 4.78 is 60.6. The van der Waals surface area contributed by atoms with Crippen molar-refractivity contribution in [1.29, 1.82) is 0 Å². The average Bonchev–Trinajstić information content (AvgIpc) is 3.28. The number of sulfonamides is 1. The number of amides is 1. The molecule has 1 aliphatic carbocycles. The van der Waals surface area contributed by atoms with Gasteiger partial charge in [0.05, 0.1) is 4.90 Å². The van der Waals surface area contributed by atoms with Gasteiger partial charge in [0.15, 0.2) is 11.6 Å². The van der Waals surface area contributed by atoms with Gasteiger partial charge in [0.1, 0.15) is 11.9 Å². The summed E-state index contributed by atoms with van der Waals surface area (Å²) in [5.74, 6) is -1.69. The highest BCUT2D eigenvalue weighted by molar-refractivity contribution is 7.89. The van der Waals surface area contributed by atoms with Gasteiger partial charge in [-0.25, -0.2) is 21.9 Å². The van der Waals surface area contributed by atoms with E-state index in [0.29, 0.717) is 31.5 Å². The summed E-state index contributed by atoms with van der Waals surface area (Å²) >= 11 is 0. The van der Waals surface area contributed by atoms with E-state index in [1.165, 1.54) is 18.2 Å². The molecule has 2 aliphatic rings. The largest absolute Gasteiger partial charge is 0.487 e. The number of likely N-dealkylation sites (tertiary alicyclic amines) is 1. The van der Waals surface area contributed by atoms with Crippen molar-refractivity contribution in [3.05, 3.63) is 59.7 Å². The van der Waals surface area contributed by atoms with Crippen molar-refractivity contribution in [2.75, 3.05) is 13.1 Å². The first-order chi connectivity index (χ1) is 15.3. The molecule has 1 saturated heterocycles. The van der Waals surface area contributed by atoms with Gasteiger partial charge in [0.2, 0.25) is 10.0 Å². The molecule has 0 atom stereocenters. The van der Waals surface area contributed by atoms with E-state index < -0.39 is 21.7 Å². The van der Waals surface area contributed by atoms with Crippen LogP contribution in [0.1, 0.15) is 48.9 Å². The van der Waals surface area contributed by atoms with Crippen LogP contribution in [0.25, 0.3) is 0 Å². The van der Waals surface area contributed by atoms with Crippen LogP contribution in [0.15, 0.2) is 47.4 Å². The average molecular weight is 465 g/mol. The maximum atomic E-state index is 13.8. The summed E-state index contributed by atoms with van der Waals surface area (Å²) in [6, 6.07) is 9.20. The fourth-order valence-electron chi connectivity index (χ4n) is 4.24. The Bertz CT molecular complexity index is 1080. The molecule has 2 fully saturated rings. The van der Waals surface area contributed by atoms with E-state index in [1.807, 2.05) is 0 Å². The highest BCUT2D eigenvalue weighted by Gasteiger charge is 2.27. The van der Waals surface area contributed by atoms with E-state index in [1.54, 1.807) is 17.0 Å². The molecular weight excluding hydrogens is 438 g/mol. The highest BCUT2D eigenvalue weighted by atomic mass is 32.2. The van der Waals surface area contributed by atoms with Gasteiger partial charge in [0.25, 0.3) is 5.91 Å². The molecule has 172 valence electrons. The lowest BCUT2D eigenvalue weighted by atomic mass is 10.1. The standard InChI is InChI=1S/C23H26F2N2O4S/c24-17-8-9-22(21(25)15-17)31-19-10-12-27(13-11-19)23(28)16-4-3-7-20(14-16)32(29,30)26-18-5-1-2-6-18/h3-4,7-9,14-15,18-19,26H,1-2,5-6,10-13H2. The molecular formula is C23H26F2N2O4S. The van der Waals surface area contributed by atoms with Gasteiger partial charge in [-0.2, -0.15) is 0 Å². The van der Waals surface area contributed by atoms with Crippen molar-refractivity contribution >= 4 is 15.9 Å². The van der Waals surface area contributed by atoms with Gasteiger partial charge in [0, 0.05) is 43.6 Å².